The maximum absolute atomic E-state index is 11.3. The number of aromatic nitrogens is 2. The molecule has 4 rings (SSSR count). The average molecular weight is 388 g/mol. The Morgan fingerprint density at radius 1 is 1.10 bits per heavy atom. The minimum atomic E-state index is -0.398. The van der Waals surface area contributed by atoms with Crippen LogP contribution in [0.25, 0.3) is 22.6 Å². The van der Waals surface area contributed by atoms with E-state index < -0.39 is 4.92 Å². The first kappa shape index (κ1) is 18.5. The molecular formula is C21H20N6O2. The number of benzene rings is 2. The Morgan fingerprint density at radius 3 is 2.62 bits per heavy atom. The molecule has 0 fully saturated rings. The van der Waals surface area contributed by atoms with Gasteiger partial charge in [-0.05, 0) is 6.92 Å². The summed E-state index contributed by atoms with van der Waals surface area (Å²) in [5, 5.41) is 17.7. The fourth-order valence-electron chi connectivity index (χ4n) is 3.22. The van der Waals surface area contributed by atoms with Gasteiger partial charge in [-0.2, -0.15) is 0 Å². The lowest BCUT2D eigenvalue weighted by Gasteiger charge is -2.15. The van der Waals surface area contributed by atoms with Crippen molar-refractivity contribution in [2.45, 2.75) is 13.5 Å². The van der Waals surface area contributed by atoms with E-state index in [4.69, 9.17) is 4.98 Å². The Hall–Kier alpha value is -3.81. The summed E-state index contributed by atoms with van der Waals surface area (Å²) >= 11 is 0. The van der Waals surface area contributed by atoms with E-state index in [0.29, 0.717) is 23.6 Å². The van der Waals surface area contributed by atoms with Crippen LogP contribution in [0, 0.1) is 17.0 Å². The zero-order chi connectivity index (χ0) is 20.2. The van der Waals surface area contributed by atoms with E-state index in [2.05, 4.69) is 20.6 Å². The number of nitrogens with one attached hydrogen (secondary N) is 2. The molecule has 8 nitrogen and oxygen atoms in total. The van der Waals surface area contributed by atoms with Gasteiger partial charge in [0, 0.05) is 47.6 Å². The van der Waals surface area contributed by atoms with Crippen LogP contribution >= 0.6 is 0 Å². The molecule has 2 aromatic carbocycles. The molecule has 8 heteroatoms. The van der Waals surface area contributed by atoms with Crippen molar-refractivity contribution in [1.82, 2.24) is 20.6 Å². The van der Waals surface area contributed by atoms with Crippen LogP contribution in [0.2, 0.25) is 0 Å². The molecule has 0 saturated heterocycles. The fraction of sp³-hybridized carbons (Fsp3) is 0.190. The smallest absolute Gasteiger partial charge is 0.270 e. The van der Waals surface area contributed by atoms with Gasteiger partial charge in [-0.15, -0.1) is 0 Å². The summed E-state index contributed by atoms with van der Waals surface area (Å²) in [7, 11) is 0. The number of nitro benzene ring substituents is 1. The van der Waals surface area contributed by atoms with E-state index in [-0.39, 0.29) is 5.69 Å². The average Bonchev–Trinajstić information content (AvgIpc) is 3.27. The van der Waals surface area contributed by atoms with E-state index in [0.717, 1.165) is 35.9 Å². The number of rotatable bonds is 5. The Bertz CT molecular complexity index is 1080. The monoisotopic (exact) mass is 388 g/mol. The highest BCUT2D eigenvalue weighted by Gasteiger charge is 2.17. The van der Waals surface area contributed by atoms with Crippen molar-refractivity contribution < 1.29 is 4.92 Å². The maximum atomic E-state index is 11.3. The molecule has 1 aliphatic heterocycles. The number of aryl methyl sites for hydroxylation is 1. The summed E-state index contributed by atoms with van der Waals surface area (Å²) in [5.41, 5.74) is 3.96. The second-order valence-electron chi connectivity index (χ2n) is 6.64. The van der Waals surface area contributed by atoms with Gasteiger partial charge in [0.15, 0.2) is 11.8 Å². The van der Waals surface area contributed by atoms with Crippen molar-refractivity contribution in [2.24, 2.45) is 4.99 Å². The lowest BCUT2D eigenvalue weighted by molar-refractivity contribution is -0.384. The summed E-state index contributed by atoms with van der Waals surface area (Å²) in [4.78, 5) is 24.7. The van der Waals surface area contributed by atoms with E-state index in [1.807, 2.05) is 43.3 Å². The number of guanidine groups is 1. The lowest BCUT2D eigenvalue weighted by atomic mass is 10.0. The highest BCUT2D eigenvalue weighted by molar-refractivity contribution is 5.81. The minimum Gasteiger partial charge on any atom is -0.355 e. The van der Waals surface area contributed by atoms with E-state index in [1.165, 1.54) is 6.07 Å². The number of non-ortho nitro benzene ring substituents is 1. The number of nitrogens with zero attached hydrogens (tertiary/aromatic N) is 4. The standard InChI is InChI=1S/C21H20N6O2/c1-14-18(13-24-21-22-10-11-23-21)19(16-8-5-9-17(12-16)27(28)29)26-20(25-14)15-6-3-2-4-7-15/h2-9,12H,10-11,13H2,1H3,(H2,22,23,24). The molecule has 3 aromatic rings. The molecule has 0 spiro atoms. The van der Waals surface area contributed by atoms with Gasteiger partial charge in [0.1, 0.15) is 0 Å². The minimum absolute atomic E-state index is 0.0285. The third kappa shape index (κ3) is 4.06. The van der Waals surface area contributed by atoms with Crippen molar-refractivity contribution in [1.29, 1.82) is 0 Å². The van der Waals surface area contributed by atoms with Crippen LogP contribution in [0.15, 0.2) is 59.6 Å². The summed E-state index contributed by atoms with van der Waals surface area (Å²) in [6.45, 7) is 3.94. The molecule has 2 N–H and O–H groups in total. The molecule has 0 saturated carbocycles. The van der Waals surface area contributed by atoms with Crippen LogP contribution < -0.4 is 10.6 Å². The number of hydrogen-bond donors (Lipinski definition) is 2. The van der Waals surface area contributed by atoms with Gasteiger partial charge in [0.25, 0.3) is 5.69 Å². The lowest BCUT2D eigenvalue weighted by Crippen LogP contribution is -2.33. The number of hydrogen-bond acceptors (Lipinski definition) is 7. The van der Waals surface area contributed by atoms with Gasteiger partial charge in [-0.25, -0.2) is 9.97 Å². The third-order valence-corrected chi connectivity index (χ3v) is 4.68. The number of nitro groups is 1. The molecule has 29 heavy (non-hydrogen) atoms. The van der Waals surface area contributed by atoms with Crippen molar-refractivity contribution in [3.05, 3.63) is 76.0 Å². The highest BCUT2D eigenvalue weighted by atomic mass is 16.6. The summed E-state index contributed by atoms with van der Waals surface area (Å²) < 4.78 is 0. The molecular weight excluding hydrogens is 368 g/mol. The molecule has 146 valence electrons. The molecule has 0 unspecified atom stereocenters. The van der Waals surface area contributed by atoms with Gasteiger partial charge in [0.2, 0.25) is 0 Å². The van der Waals surface area contributed by atoms with Gasteiger partial charge in [-0.1, -0.05) is 42.5 Å². The molecule has 0 bridgehead atoms. The zero-order valence-corrected chi connectivity index (χ0v) is 15.9. The Balaban J connectivity index is 1.81. The summed E-state index contributed by atoms with van der Waals surface area (Å²) in [6, 6.07) is 16.2. The van der Waals surface area contributed by atoms with Crippen LogP contribution in [0.4, 0.5) is 5.69 Å². The van der Waals surface area contributed by atoms with Gasteiger partial charge >= 0.3 is 0 Å². The predicted octanol–water partition coefficient (Wildman–Crippen LogP) is 3.08. The van der Waals surface area contributed by atoms with E-state index in [9.17, 15) is 10.1 Å². The van der Waals surface area contributed by atoms with Gasteiger partial charge in [-0.3, -0.25) is 15.1 Å². The molecule has 1 aliphatic rings. The Labute approximate surface area is 167 Å². The van der Waals surface area contributed by atoms with Crippen molar-refractivity contribution in [3.8, 4) is 22.6 Å². The predicted molar refractivity (Wildman–Crippen MR) is 111 cm³/mol. The SMILES string of the molecule is Cc1nc(-c2ccccc2)nc(-c2cccc([N+](=O)[O-])c2)c1CNC1=NCCN1. The normalized spacial score (nSPS) is 12.9. The molecule has 1 aromatic heterocycles. The highest BCUT2D eigenvalue weighted by Crippen LogP contribution is 2.29. The van der Waals surface area contributed by atoms with Crippen LogP contribution in [0.5, 0.6) is 0 Å². The maximum Gasteiger partial charge on any atom is 0.270 e. The van der Waals surface area contributed by atoms with E-state index in [1.54, 1.807) is 12.1 Å². The quantitative estimate of drug-likeness (QED) is 0.514. The van der Waals surface area contributed by atoms with Crippen LogP contribution in [0.3, 0.4) is 0 Å². The molecule has 0 aliphatic carbocycles. The molecule has 0 radical (unpaired) electrons. The molecule has 0 amide bonds. The zero-order valence-electron chi connectivity index (χ0n) is 15.9. The summed E-state index contributed by atoms with van der Waals surface area (Å²) in [5.74, 6) is 1.33. The molecule has 2 heterocycles. The van der Waals surface area contributed by atoms with Crippen molar-refractivity contribution >= 4 is 11.6 Å². The first-order valence-electron chi connectivity index (χ1n) is 9.32. The largest absolute Gasteiger partial charge is 0.355 e. The molecule has 0 atom stereocenters. The van der Waals surface area contributed by atoms with Gasteiger partial charge < -0.3 is 10.6 Å². The second kappa shape index (κ2) is 8.05. The van der Waals surface area contributed by atoms with Crippen LogP contribution in [-0.4, -0.2) is 33.9 Å². The van der Waals surface area contributed by atoms with Gasteiger partial charge in [0.05, 0.1) is 17.2 Å². The topological polar surface area (TPSA) is 105 Å². The van der Waals surface area contributed by atoms with Crippen molar-refractivity contribution in [3.63, 3.8) is 0 Å². The van der Waals surface area contributed by atoms with Crippen LogP contribution in [-0.2, 0) is 6.54 Å². The first-order valence-corrected chi connectivity index (χ1v) is 9.32. The van der Waals surface area contributed by atoms with Crippen molar-refractivity contribution in [2.75, 3.05) is 13.1 Å². The van der Waals surface area contributed by atoms with E-state index >= 15 is 0 Å². The fourth-order valence-corrected chi connectivity index (χ4v) is 3.22. The Morgan fingerprint density at radius 2 is 1.90 bits per heavy atom. The second-order valence-corrected chi connectivity index (χ2v) is 6.64. The van der Waals surface area contributed by atoms with Crippen LogP contribution in [0.1, 0.15) is 11.3 Å². The Kier molecular flexibility index (Phi) is 5.15. The summed E-state index contributed by atoms with van der Waals surface area (Å²) in [6.07, 6.45) is 0. The third-order valence-electron chi connectivity index (χ3n) is 4.68. The first-order chi connectivity index (χ1) is 14.1. The number of aliphatic imine (C=N–C) groups is 1.